The highest BCUT2D eigenvalue weighted by molar-refractivity contribution is 7.92. The van der Waals surface area contributed by atoms with Crippen molar-refractivity contribution in [1.82, 2.24) is 0 Å². The predicted octanol–water partition coefficient (Wildman–Crippen LogP) is 1.58. The Balaban J connectivity index is 3.15. The van der Waals surface area contributed by atoms with Gasteiger partial charge >= 0.3 is 0 Å². The van der Waals surface area contributed by atoms with Crippen LogP contribution in [0.4, 0.5) is 4.39 Å². The molecule has 0 aliphatic heterocycles. The van der Waals surface area contributed by atoms with Crippen LogP contribution in [0.3, 0.4) is 0 Å². The second kappa shape index (κ2) is 4.93. The lowest BCUT2D eigenvalue weighted by Crippen LogP contribution is -2.34. The summed E-state index contributed by atoms with van der Waals surface area (Å²) < 4.78 is 36.9. The molecule has 0 saturated heterocycles. The molecular formula is C11H16FNO2S. The summed E-state index contributed by atoms with van der Waals surface area (Å²) in [6.07, 6.45) is 0. The Morgan fingerprint density at radius 3 is 2.12 bits per heavy atom. The van der Waals surface area contributed by atoms with Crippen LogP contribution < -0.4 is 5.73 Å². The molecule has 1 aromatic rings. The van der Waals surface area contributed by atoms with Crippen molar-refractivity contribution in [2.45, 2.75) is 24.0 Å². The first-order valence-electron chi connectivity index (χ1n) is 5.09. The van der Waals surface area contributed by atoms with E-state index in [9.17, 15) is 12.8 Å². The maximum absolute atomic E-state index is 12.7. The Morgan fingerprint density at radius 2 is 1.75 bits per heavy atom. The van der Waals surface area contributed by atoms with E-state index in [1.807, 2.05) is 0 Å². The molecule has 0 spiro atoms. The summed E-state index contributed by atoms with van der Waals surface area (Å²) in [7, 11) is -3.46. The molecule has 0 aliphatic carbocycles. The lowest BCUT2D eigenvalue weighted by Gasteiger charge is -2.19. The number of hydrogen-bond donors (Lipinski definition) is 1. The molecule has 0 aromatic heterocycles. The first-order valence-corrected chi connectivity index (χ1v) is 6.63. The van der Waals surface area contributed by atoms with Crippen molar-refractivity contribution in [3.8, 4) is 0 Å². The maximum Gasteiger partial charge on any atom is 0.182 e. The van der Waals surface area contributed by atoms with Gasteiger partial charge < -0.3 is 5.73 Å². The normalized spacial score (nSPS) is 14.1. The average molecular weight is 245 g/mol. The van der Waals surface area contributed by atoms with Gasteiger partial charge in [-0.1, -0.05) is 13.8 Å². The van der Waals surface area contributed by atoms with E-state index in [1.54, 1.807) is 13.8 Å². The monoisotopic (exact) mass is 245 g/mol. The van der Waals surface area contributed by atoms with Crippen LogP contribution in [0, 0.1) is 11.7 Å². The minimum Gasteiger partial charge on any atom is -0.329 e. The molecule has 0 fully saturated rings. The molecular weight excluding hydrogens is 229 g/mol. The van der Waals surface area contributed by atoms with E-state index >= 15 is 0 Å². The molecule has 3 nitrogen and oxygen atoms in total. The molecule has 0 heterocycles. The fourth-order valence-electron chi connectivity index (χ4n) is 1.56. The summed E-state index contributed by atoms with van der Waals surface area (Å²) in [4.78, 5) is 0.123. The topological polar surface area (TPSA) is 60.2 Å². The van der Waals surface area contributed by atoms with Gasteiger partial charge in [0.1, 0.15) is 5.82 Å². The molecule has 1 unspecified atom stereocenters. The number of rotatable bonds is 4. The molecule has 90 valence electrons. The molecule has 0 amide bonds. The van der Waals surface area contributed by atoms with E-state index in [4.69, 9.17) is 5.73 Å². The minimum atomic E-state index is -3.46. The van der Waals surface area contributed by atoms with Crippen molar-refractivity contribution >= 4 is 9.84 Å². The Hall–Kier alpha value is -0.940. The second-order valence-electron chi connectivity index (χ2n) is 4.02. The maximum atomic E-state index is 12.7. The van der Waals surface area contributed by atoms with Gasteiger partial charge in [0.25, 0.3) is 0 Å². The zero-order chi connectivity index (χ0) is 12.3. The number of hydrogen-bond acceptors (Lipinski definition) is 3. The van der Waals surface area contributed by atoms with E-state index in [0.29, 0.717) is 0 Å². The zero-order valence-corrected chi connectivity index (χ0v) is 10.2. The standard InChI is InChI=1S/C11H16FNO2S/c1-8(2)11(7-13)16(14,15)10-5-3-9(12)4-6-10/h3-6,8,11H,7,13H2,1-2H3. The fraction of sp³-hybridized carbons (Fsp3) is 0.455. The molecule has 16 heavy (non-hydrogen) atoms. The van der Waals surface area contributed by atoms with Crippen LogP contribution in [0.1, 0.15) is 13.8 Å². The Labute approximate surface area is 95.4 Å². The summed E-state index contributed by atoms with van der Waals surface area (Å²) in [6.45, 7) is 3.68. The number of benzene rings is 1. The first kappa shape index (κ1) is 13.1. The Kier molecular flexibility index (Phi) is 4.04. The quantitative estimate of drug-likeness (QED) is 0.819. The minimum absolute atomic E-state index is 0.0668. The van der Waals surface area contributed by atoms with Gasteiger partial charge in [-0.05, 0) is 30.2 Å². The molecule has 0 bridgehead atoms. The van der Waals surface area contributed by atoms with Crippen molar-refractivity contribution in [2.24, 2.45) is 11.7 Å². The van der Waals surface area contributed by atoms with E-state index in [2.05, 4.69) is 0 Å². The van der Waals surface area contributed by atoms with Gasteiger partial charge in [-0.3, -0.25) is 0 Å². The summed E-state index contributed by atoms with van der Waals surface area (Å²) in [6, 6.07) is 4.83. The number of nitrogens with two attached hydrogens (primary N) is 1. The second-order valence-corrected chi connectivity index (χ2v) is 6.18. The van der Waals surface area contributed by atoms with Gasteiger partial charge in [0.05, 0.1) is 10.1 Å². The predicted molar refractivity (Wildman–Crippen MR) is 61.3 cm³/mol. The molecule has 1 rings (SSSR count). The summed E-state index contributed by atoms with van der Waals surface area (Å²) in [5, 5.41) is -0.627. The Bertz CT molecular complexity index is 440. The van der Waals surface area contributed by atoms with Gasteiger partial charge in [-0.2, -0.15) is 0 Å². The first-order chi connectivity index (χ1) is 7.39. The Morgan fingerprint density at radius 1 is 1.25 bits per heavy atom. The van der Waals surface area contributed by atoms with Crippen LogP contribution in [0.2, 0.25) is 0 Å². The highest BCUT2D eigenvalue weighted by atomic mass is 32.2. The lowest BCUT2D eigenvalue weighted by atomic mass is 10.1. The van der Waals surface area contributed by atoms with Gasteiger partial charge in [-0.25, -0.2) is 12.8 Å². The molecule has 0 aliphatic rings. The van der Waals surface area contributed by atoms with Crippen molar-refractivity contribution in [3.05, 3.63) is 30.1 Å². The molecule has 0 saturated carbocycles. The number of halogens is 1. The van der Waals surface area contributed by atoms with Crippen LogP contribution in [0.25, 0.3) is 0 Å². The third kappa shape index (κ3) is 2.59. The number of sulfone groups is 1. The van der Waals surface area contributed by atoms with Crippen LogP contribution in [0.15, 0.2) is 29.2 Å². The van der Waals surface area contributed by atoms with E-state index in [0.717, 1.165) is 12.1 Å². The van der Waals surface area contributed by atoms with Gasteiger partial charge in [0.2, 0.25) is 0 Å². The summed E-state index contributed by atoms with van der Waals surface area (Å²) in [5.41, 5.74) is 5.47. The molecule has 0 radical (unpaired) electrons. The highest BCUT2D eigenvalue weighted by Crippen LogP contribution is 2.21. The van der Waals surface area contributed by atoms with Gasteiger partial charge in [0.15, 0.2) is 9.84 Å². The molecule has 1 atom stereocenters. The van der Waals surface area contributed by atoms with E-state index in [-0.39, 0.29) is 17.4 Å². The van der Waals surface area contributed by atoms with Crippen LogP contribution in [0.5, 0.6) is 0 Å². The van der Waals surface area contributed by atoms with Crippen LogP contribution in [-0.4, -0.2) is 20.2 Å². The fourth-order valence-corrected chi connectivity index (χ4v) is 3.39. The van der Waals surface area contributed by atoms with E-state index in [1.165, 1.54) is 12.1 Å². The van der Waals surface area contributed by atoms with Gasteiger partial charge in [0, 0.05) is 6.54 Å². The molecule has 1 aromatic carbocycles. The van der Waals surface area contributed by atoms with Gasteiger partial charge in [-0.15, -0.1) is 0 Å². The zero-order valence-electron chi connectivity index (χ0n) is 9.35. The lowest BCUT2D eigenvalue weighted by molar-refractivity contribution is 0.533. The largest absolute Gasteiger partial charge is 0.329 e. The summed E-state index contributed by atoms with van der Waals surface area (Å²) >= 11 is 0. The van der Waals surface area contributed by atoms with Crippen LogP contribution >= 0.6 is 0 Å². The third-order valence-electron chi connectivity index (χ3n) is 2.52. The smallest absolute Gasteiger partial charge is 0.182 e. The van der Waals surface area contributed by atoms with Crippen molar-refractivity contribution < 1.29 is 12.8 Å². The van der Waals surface area contributed by atoms with Crippen molar-refractivity contribution in [3.63, 3.8) is 0 Å². The highest BCUT2D eigenvalue weighted by Gasteiger charge is 2.28. The summed E-state index contributed by atoms with van der Waals surface area (Å²) in [5.74, 6) is -0.521. The van der Waals surface area contributed by atoms with Crippen molar-refractivity contribution in [2.75, 3.05) is 6.54 Å². The SMILES string of the molecule is CC(C)C(CN)S(=O)(=O)c1ccc(F)cc1. The molecule has 5 heteroatoms. The van der Waals surface area contributed by atoms with Crippen LogP contribution in [-0.2, 0) is 9.84 Å². The third-order valence-corrected chi connectivity index (χ3v) is 4.98. The molecule has 2 N–H and O–H groups in total. The van der Waals surface area contributed by atoms with E-state index < -0.39 is 20.9 Å². The van der Waals surface area contributed by atoms with Crippen molar-refractivity contribution in [1.29, 1.82) is 0 Å². The average Bonchev–Trinajstić information content (AvgIpc) is 2.18.